The van der Waals surface area contributed by atoms with Crippen LogP contribution in [0.5, 0.6) is 0 Å². The highest BCUT2D eigenvalue weighted by molar-refractivity contribution is 6.42. The molecule has 1 atom stereocenters. The Labute approximate surface area is 110 Å². The van der Waals surface area contributed by atoms with Crippen molar-refractivity contribution in [3.05, 3.63) is 52.0 Å². The quantitative estimate of drug-likeness (QED) is 0.897. The summed E-state index contributed by atoms with van der Waals surface area (Å²) in [5.41, 5.74) is 7.13. The van der Waals surface area contributed by atoms with E-state index in [2.05, 4.69) is 9.97 Å². The van der Waals surface area contributed by atoms with Gasteiger partial charge in [0, 0.05) is 24.9 Å². The molecule has 1 aromatic heterocycles. The van der Waals surface area contributed by atoms with Gasteiger partial charge in [0.1, 0.15) is 5.82 Å². The number of aromatic nitrogens is 2. The molecule has 1 unspecified atom stereocenters. The highest BCUT2D eigenvalue weighted by Crippen LogP contribution is 2.23. The summed E-state index contributed by atoms with van der Waals surface area (Å²) in [6, 6.07) is 5.60. The third kappa shape index (κ3) is 3.46. The summed E-state index contributed by atoms with van der Waals surface area (Å²) in [5.74, 6) is 0.901. The van der Waals surface area contributed by atoms with Gasteiger partial charge in [-0.1, -0.05) is 29.3 Å². The standard InChI is InChI=1S/C12H13Cl2N3/c13-10-2-1-8(6-11(10)14)5-9(15)7-12-16-3-4-17-12/h1-4,6,9H,5,7,15H2,(H,16,17). The smallest absolute Gasteiger partial charge is 0.107 e. The zero-order chi connectivity index (χ0) is 12.3. The molecule has 0 saturated heterocycles. The lowest BCUT2D eigenvalue weighted by Crippen LogP contribution is -2.26. The van der Waals surface area contributed by atoms with E-state index in [9.17, 15) is 0 Å². The zero-order valence-corrected chi connectivity index (χ0v) is 10.7. The van der Waals surface area contributed by atoms with Crippen molar-refractivity contribution in [2.24, 2.45) is 5.73 Å². The predicted molar refractivity (Wildman–Crippen MR) is 70.4 cm³/mol. The highest BCUT2D eigenvalue weighted by Gasteiger charge is 2.08. The molecule has 17 heavy (non-hydrogen) atoms. The van der Waals surface area contributed by atoms with Crippen molar-refractivity contribution in [2.45, 2.75) is 18.9 Å². The number of benzene rings is 1. The molecule has 3 nitrogen and oxygen atoms in total. The number of H-pyrrole nitrogens is 1. The van der Waals surface area contributed by atoms with E-state index in [1.54, 1.807) is 18.5 Å². The number of imidazole rings is 1. The fourth-order valence-corrected chi connectivity index (χ4v) is 2.02. The Bertz CT molecular complexity index is 483. The van der Waals surface area contributed by atoms with E-state index in [0.717, 1.165) is 17.8 Å². The van der Waals surface area contributed by atoms with Gasteiger partial charge in [0.05, 0.1) is 10.0 Å². The highest BCUT2D eigenvalue weighted by atomic mass is 35.5. The van der Waals surface area contributed by atoms with Gasteiger partial charge in [0.15, 0.2) is 0 Å². The molecule has 0 amide bonds. The Hall–Kier alpha value is -1.03. The number of rotatable bonds is 4. The monoisotopic (exact) mass is 269 g/mol. The van der Waals surface area contributed by atoms with Crippen molar-refractivity contribution in [3.63, 3.8) is 0 Å². The first-order valence-electron chi connectivity index (χ1n) is 5.33. The summed E-state index contributed by atoms with van der Waals surface area (Å²) in [7, 11) is 0. The van der Waals surface area contributed by atoms with Gasteiger partial charge in [-0.05, 0) is 24.1 Å². The van der Waals surface area contributed by atoms with Gasteiger partial charge in [-0.2, -0.15) is 0 Å². The fraction of sp³-hybridized carbons (Fsp3) is 0.250. The number of hydrogen-bond donors (Lipinski definition) is 2. The third-order valence-electron chi connectivity index (χ3n) is 2.49. The van der Waals surface area contributed by atoms with E-state index in [-0.39, 0.29) is 6.04 Å². The SMILES string of the molecule is NC(Cc1ccc(Cl)c(Cl)c1)Cc1ncc[nH]1. The molecule has 5 heteroatoms. The number of nitrogens with zero attached hydrogens (tertiary/aromatic N) is 1. The fourth-order valence-electron chi connectivity index (χ4n) is 1.70. The summed E-state index contributed by atoms with van der Waals surface area (Å²) < 4.78 is 0. The second-order valence-electron chi connectivity index (χ2n) is 3.95. The number of aromatic amines is 1. The Morgan fingerprint density at radius 3 is 2.71 bits per heavy atom. The van der Waals surface area contributed by atoms with Crippen LogP contribution in [0, 0.1) is 0 Å². The minimum atomic E-state index is 0.0124. The predicted octanol–water partition coefficient (Wildman–Crippen LogP) is 2.83. The molecular weight excluding hydrogens is 257 g/mol. The Morgan fingerprint density at radius 2 is 2.06 bits per heavy atom. The molecule has 0 spiro atoms. The largest absolute Gasteiger partial charge is 0.349 e. The van der Waals surface area contributed by atoms with Crippen LogP contribution in [0.15, 0.2) is 30.6 Å². The Balaban J connectivity index is 1.98. The van der Waals surface area contributed by atoms with Gasteiger partial charge in [0.25, 0.3) is 0 Å². The maximum Gasteiger partial charge on any atom is 0.107 e. The molecule has 1 heterocycles. The molecule has 0 aliphatic rings. The first-order valence-corrected chi connectivity index (χ1v) is 6.08. The number of nitrogens with two attached hydrogens (primary N) is 1. The van der Waals surface area contributed by atoms with E-state index in [0.29, 0.717) is 16.5 Å². The molecule has 3 N–H and O–H groups in total. The van der Waals surface area contributed by atoms with Gasteiger partial charge in [0.2, 0.25) is 0 Å². The molecule has 0 bridgehead atoms. The normalized spacial score (nSPS) is 12.6. The van der Waals surface area contributed by atoms with Gasteiger partial charge < -0.3 is 10.7 Å². The van der Waals surface area contributed by atoms with E-state index < -0.39 is 0 Å². The van der Waals surface area contributed by atoms with Crippen molar-refractivity contribution in [3.8, 4) is 0 Å². The van der Waals surface area contributed by atoms with E-state index in [1.165, 1.54) is 0 Å². The van der Waals surface area contributed by atoms with Crippen LogP contribution in [-0.2, 0) is 12.8 Å². The summed E-state index contributed by atoms with van der Waals surface area (Å²) in [6.07, 6.45) is 4.98. The molecule has 0 aliphatic heterocycles. The first-order chi connectivity index (χ1) is 8.15. The van der Waals surface area contributed by atoms with Crippen LogP contribution in [0.2, 0.25) is 10.0 Å². The molecule has 0 radical (unpaired) electrons. The topological polar surface area (TPSA) is 54.7 Å². The molecule has 2 rings (SSSR count). The summed E-state index contributed by atoms with van der Waals surface area (Å²) in [5, 5.41) is 1.13. The lowest BCUT2D eigenvalue weighted by atomic mass is 10.0. The van der Waals surface area contributed by atoms with Gasteiger partial charge >= 0.3 is 0 Å². The average molecular weight is 270 g/mol. The molecule has 90 valence electrons. The van der Waals surface area contributed by atoms with E-state index >= 15 is 0 Å². The Morgan fingerprint density at radius 1 is 1.24 bits per heavy atom. The van der Waals surface area contributed by atoms with Gasteiger partial charge in [-0.3, -0.25) is 0 Å². The van der Waals surface area contributed by atoms with Crippen LogP contribution in [0.4, 0.5) is 0 Å². The third-order valence-corrected chi connectivity index (χ3v) is 3.23. The maximum absolute atomic E-state index is 6.05. The second kappa shape index (κ2) is 5.54. The van der Waals surface area contributed by atoms with Gasteiger partial charge in [-0.25, -0.2) is 4.98 Å². The summed E-state index contributed by atoms with van der Waals surface area (Å²) in [6.45, 7) is 0. The zero-order valence-electron chi connectivity index (χ0n) is 9.16. The van der Waals surface area contributed by atoms with Crippen LogP contribution >= 0.6 is 23.2 Å². The molecule has 0 aliphatic carbocycles. The van der Waals surface area contributed by atoms with Crippen molar-refractivity contribution >= 4 is 23.2 Å². The van der Waals surface area contributed by atoms with E-state index in [4.69, 9.17) is 28.9 Å². The Kier molecular flexibility index (Phi) is 4.05. The summed E-state index contributed by atoms with van der Waals surface area (Å²) >= 11 is 11.8. The van der Waals surface area contributed by atoms with Gasteiger partial charge in [-0.15, -0.1) is 0 Å². The number of nitrogens with one attached hydrogen (secondary N) is 1. The van der Waals surface area contributed by atoms with Crippen LogP contribution < -0.4 is 5.73 Å². The van der Waals surface area contributed by atoms with Crippen LogP contribution in [-0.4, -0.2) is 16.0 Å². The minimum absolute atomic E-state index is 0.0124. The van der Waals surface area contributed by atoms with Crippen LogP contribution in [0.1, 0.15) is 11.4 Å². The van der Waals surface area contributed by atoms with Crippen LogP contribution in [0.3, 0.4) is 0 Å². The molecule has 1 aromatic carbocycles. The molecule has 2 aromatic rings. The molecular formula is C12H13Cl2N3. The summed E-state index contributed by atoms with van der Waals surface area (Å²) in [4.78, 5) is 7.18. The van der Waals surface area contributed by atoms with E-state index in [1.807, 2.05) is 12.1 Å². The average Bonchev–Trinajstić information content (AvgIpc) is 2.76. The van der Waals surface area contributed by atoms with Crippen molar-refractivity contribution < 1.29 is 0 Å². The van der Waals surface area contributed by atoms with Crippen molar-refractivity contribution in [1.82, 2.24) is 9.97 Å². The van der Waals surface area contributed by atoms with Crippen molar-refractivity contribution in [1.29, 1.82) is 0 Å². The maximum atomic E-state index is 6.05. The second-order valence-corrected chi connectivity index (χ2v) is 4.77. The lowest BCUT2D eigenvalue weighted by molar-refractivity contribution is 0.645. The number of hydrogen-bond acceptors (Lipinski definition) is 2. The first kappa shape index (κ1) is 12.4. The van der Waals surface area contributed by atoms with Crippen LogP contribution in [0.25, 0.3) is 0 Å². The van der Waals surface area contributed by atoms with Crippen molar-refractivity contribution in [2.75, 3.05) is 0 Å². The molecule has 0 saturated carbocycles. The lowest BCUT2D eigenvalue weighted by Gasteiger charge is -2.10. The number of halogens is 2. The molecule has 0 fully saturated rings. The minimum Gasteiger partial charge on any atom is -0.349 e.